The summed E-state index contributed by atoms with van der Waals surface area (Å²) in [6.45, 7) is 7.36. The number of rotatable bonds is 6. The van der Waals surface area contributed by atoms with Crippen molar-refractivity contribution in [2.75, 3.05) is 6.54 Å². The van der Waals surface area contributed by atoms with Gasteiger partial charge in [0.05, 0.1) is 12.1 Å². The van der Waals surface area contributed by atoms with Crippen molar-refractivity contribution in [3.63, 3.8) is 0 Å². The van der Waals surface area contributed by atoms with Crippen LogP contribution in [0.25, 0.3) is 10.9 Å². The van der Waals surface area contributed by atoms with Gasteiger partial charge in [0.1, 0.15) is 0 Å². The lowest BCUT2D eigenvalue weighted by Crippen LogP contribution is -2.18. The van der Waals surface area contributed by atoms with E-state index in [2.05, 4.69) is 59.2 Å². The van der Waals surface area contributed by atoms with Gasteiger partial charge in [-0.2, -0.15) is 0 Å². The molecule has 1 aromatic carbocycles. The fraction of sp³-hybridized carbons (Fsp3) is 0.353. The topological polar surface area (TPSA) is 29.9 Å². The van der Waals surface area contributed by atoms with Crippen molar-refractivity contribution in [2.45, 2.75) is 26.9 Å². The Morgan fingerprint density at radius 1 is 1.29 bits per heavy atom. The number of thiazole rings is 1. The van der Waals surface area contributed by atoms with Crippen LogP contribution >= 0.6 is 11.3 Å². The van der Waals surface area contributed by atoms with E-state index in [0.717, 1.165) is 19.6 Å². The molecule has 3 nitrogen and oxygen atoms in total. The quantitative estimate of drug-likeness (QED) is 0.748. The highest BCUT2D eigenvalue weighted by molar-refractivity contribution is 7.09. The summed E-state index contributed by atoms with van der Waals surface area (Å²) in [6.07, 6.45) is 4.11. The lowest BCUT2D eigenvalue weighted by atomic mass is 10.1. The maximum Gasteiger partial charge on any atom is 0.0794 e. The molecule has 0 saturated heterocycles. The Hall–Kier alpha value is -1.65. The van der Waals surface area contributed by atoms with E-state index in [9.17, 15) is 0 Å². The van der Waals surface area contributed by atoms with Gasteiger partial charge in [-0.05, 0) is 41.6 Å². The molecule has 0 fully saturated rings. The van der Waals surface area contributed by atoms with Crippen molar-refractivity contribution in [1.29, 1.82) is 0 Å². The molecule has 110 valence electrons. The third kappa shape index (κ3) is 3.52. The Bertz CT molecular complexity index is 698. The normalized spacial score (nSPS) is 11.6. The molecule has 0 aliphatic rings. The maximum absolute atomic E-state index is 4.14. The Balaban J connectivity index is 1.74. The number of benzene rings is 1. The van der Waals surface area contributed by atoms with E-state index >= 15 is 0 Å². The van der Waals surface area contributed by atoms with Crippen LogP contribution in [-0.4, -0.2) is 16.1 Å². The third-order valence-electron chi connectivity index (χ3n) is 3.53. The number of nitrogens with one attached hydrogen (secondary N) is 1. The van der Waals surface area contributed by atoms with Gasteiger partial charge in [-0.3, -0.25) is 4.98 Å². The molecule has 0 spiro atoms. The lowest BCUT2D eigenvalue weighted by molar-refractivity contribution is 0.552. The second-order valence-electron chi connectivity index (χ2n) is 5.83. The first-order chi connectivity index (χ1) is 10.2. The molecule has 2 heterocycles. The highest BCUT2D eigenvalue weighted by Gasteiger charge is 2.04. The van der Waals surface area contributed by atoms with Crippen molar-refractivity contribution in [3.8, 4) is 0 Å². The lowest BCUT2D eigenvalue weighted by Gasteiger charge is -2.08. The van der Waals surface area contributed by atoms with Gasteiger partial charge in [0.2, 0.25) is 0 Å². The molecule has 4 heteroatoms. The van der Waals surface area contributed by atoms with Crippen LogP contribution in [0.3, 0.4) is 0 Å². The number of hydrogen-bond donors (Lipinski definition) is 1. The molecule has 0 unspecified atom stereocenters. The molecule has 0 saturated carbocycles. The average Bonchev–Trinajstić information content (AvgIpc) is 3.09. The highest BCUT2D eigenvalue weighted by Crippen LogP contribution is 2.20. The number of nitrogens with zero attached hydrogens (tertiary/aromatic N) is 2. The molecule has 2 aromatic heterocycles. The Labute approximate surface area is 129 Å². The highest BCUT2D eigenvalue weighted by atomic mass is 32.1. The first kappa shape index (κ1) is 14.3. The Morgan fingerprint density at radius 3 is 2.95 bits per heavy atom. The zero-order valence-corrected chi connectivity index (χ0v) is 13.4. The van der Waals surface area contributed by atoms with Crippen LogP contribution in [0.5, 0.6) is 0 Å². The summed E-state index contributed by atoms with van der Waals surface area (Å²) in [4.78, 5) is 5.43. The minimum atomic E-state index is 0.689. The Kier molecular flexibility index (Phi) is 4.36. The van der Waals surface area contributed by atoms with E-state index < -0.39 is 0 Å². The van der Waals surface area contributed by atoms with Gasteiger partial charge in [-0.1, -0.05) is 19.9 Å². The van der Waals surface area contributed by atoms with E-state index in [-0.39, 0.29) is 0 Å². The summed E-state index contributed by atoms with van der Waals surface area (Å²) in [7, 11) is 0. The largest absolute Gasteiger partial charge is 0.342 e. The number of hydrogen-bond acceptors (Lipinski definition) is 3. The van der Waals surface area contributed by atoms with Crippen molar-refractivity contribution in [3.05, 3.63) is 52.6 Å². The van der Waals surface area contributed by atoms with Crippen LogP contribution in [0.1, 0.15) is 24.3 Å². The van der Waals surface area contributed by atoms with Crippen molar-refractivity contribution >= 4 is 22.2 Å². The predicted octanol–water partition coefficient (Wildman–Crippen LogP) is 3.89. The standard InChI is InChI=1S/C17H21N3S/c1-13(2)8-18-9-14-3-4-17-15(7-14)5-6-20(17)11-16-10-19-12-21-16/h3-7,10,12-13,18H,8-9,11H2,1-2H3. The van der Waals surface area contributed by atoms with Crippen LogP contribution in [0.4, 0.5) is 0 Å². The van der Waals surface area contributed by atoms with Crippen LogP contribution in [0.15, 0.2) is 42.2 Å². The fourth-order valence-corrected chi connectivity index (χ4v) is 3.08. The fourth-order valence-electron chi connectivity index (χ4n) is 2.49. The predicted molar refractivity (Wildman–Crippen MR) is 89.7 cm³/mol. The molecular weight excluding hydrogens is 278 g/mol. The number of fused-ring (bicyclic) bond motifs is 1. The molecule has 0 aliphatic heterocycles. The molecule has 0 radical (unpaired) electrons. The molecule has 0 bridgehead atoms. The second kappa shape index (κ2) is 6.41. The van der Waals surface area contributed by atoms with Gasteiger partial charge < -0.3 is 9.88 Å². The minimum Gasteiger partial charge on any atom is -0.342 e. The van der Waals surface area contributed by atoms with E-state index in [1.54, 1.807) is 11.3 Å². The average molecular weight is 299 g/mol. The van der Waals surface area contributed by atoms with E-state index in [0.29, 0.717) is 5.92 Å². The van der Waals surface area contributed by atoms with Gasteiger partial charge in [-0.25, -0.2) is 0 Å². The Morgan fingerprint density at radius 2 is 2.19 bits per heavy atom. The van der Waals surface area contributed by atoms with Gasteiger partial charge >= 0.3 is 0 Å². The zero-order chi connectivity index (χ0) is 14.7. The first-order valence-electron chi connectivity index (χ1n) is 7.38. The van der Waals surface area contributed by atoms with Gasteiger partial charge in [0.25, 0.3) is 0 Å². The monoisotopic (exact) mass is 299 g/mol. The summed E-state index contributed by atoms with van der Waals surface area (Å²) in [5.41, 5.74) is 4.52. The van der Waals surface area contributed by atoms with Gasteiger partial charge in [0.15, 0.2) is 0 Å². The summed E-state index contributed by atoms with van der Waals surface area (Å²) < 4.78 is 2.29. The minimum absolute atomic E-state index is 0.689. The second-order valence-corrected chi connectivity index (χ2v) is 6.80. The van der Waals surface area contributed by atoms with E-state index in [1.807, 2.05) is 11.7 Å². The van der Waals surface area contributed by atoms with Crippen LogP contribution in [0, 0.1) is 5.92 Å². The molecule has 0 atom stereocenters. The summed E-state index contributed by atoms with van der Waals surface area (Å²) in [5.74, 6) is 0.689. The molecule has 21 heavy (non-hydrogen) atoms. The smallest absolute Gasteiger partial charge is 0.0794 e. The SMILES string of the molecule is CC(C)CNCc1ccc2c(ccn2Cc2cncs2)c1. The summed E-state index contributed by atoms with van der Waals surface area (Å²) in [6, 6.07) is 8.93. The third-order valence-corrected chi connectivity index (χ3v) is 4.29. The van der Waals surface area contributed by atoms with Crippen LogP contribution < -0.4 is 5.32 Å². The van der Waals surface area contributed by atoms with E-state index in [1.165, 1.54) is 21.3 Å². The zero-order valence-electron chi connectivity index (χ0n) is 12.5. The van der Waals surface area contributed by atoms with Crippen molar-refractivity contribution < 1.29 is 0 Å². The molecule has 3 rings (SSSR count). The van der Waals surface area contributed by atoms with Gasteiger partial charge in [0, 0.05) is 29.3 Å². The first-order valence-corrected chi connectivity index (χ1v) is 8.26. The molecule has 0 aliphatic carbocycles. The maximum atomic E-state index is 4.14. The van der Waals surface area contributed by atoms with E-state index in [4.69, 9.17) is 0 Å². The molecule has 1 N–H and O–H groups in total. The van der Waals surface area contributed by atoms with Gasteiger partial charge in [-0.15, -0.1) is 11.3 Å². The van der Waals surface area contributed by atoms with Crippen LogP contribution in [0.2, 0.25) is 0 Å². The summed E-state index contributed by atoms with van der Waals surface area (Å²) in [5, 5.41) is 4.80. The number of aromatic nitrogens is 2. The molecule has 3 aromatic rings. The van der Waals surface area contributed by atoms with Crippen LogP contribution in [-0.2, 0) is 13.1 Å². The molecular formula is C17H21N3S. The van der Waals surface area contributed by atoms with Crippen molar-refractivity contribution in [2.24, 2.45) is 5.92 Å². The molecule has 0 amide bonds. The summed E-state index contributed by atoms with van der Waals surface area (Å²) >= 11 is 1.70. The van der Waals surface area contributed by atoms with Crippen molar-refractivity contribution in [1.82, 2.24) is 14.9 Å².